The lowest BCUT2D eigenvalue weighted by Crippen LogP contribution is -2.35. The number of benzene rings is 2. The first-order chi connectivity index (χ1) is 12.4. The van der Waals surface area contributed by atoms with Gasteiger partial charge < -0.3 is 15.1 Å². The fourth-order valence-electron chi connectivity index (χ4n) is 3.20. The molecule has 1 aliphatic heterocycles. The van der Waals surface area contributed by atoms with Gasteiger partial charge in [-0.2, -0.15) is 0 Å². The molecule has 0 saturated carbocycles. The van der Waals surface area contributed by atoms with Crippen molar-refractivity contribution in [1.82, 2.24) is 4.90 Å². The van der Waals surface area contributed by atoms with Crippen molar-refractivity contribution in [3.05, 3.63) is 76.9 Å². The number of aryl methyl sites for hydroxylation is 1. The molecule has 2 aromatic rings. The lowest BCUT2D eigenvalue weighted by molar-refractivity contribution is -0.140. The number of carbonyl (C=O) groups is 2. The van der Waals surface area contributed by atoms with Gasteiger partial charge in [0.15, 0.2) is 0 Å². The summed E-state index contributed by atoms with van der Waals surface area (Å²) in [6.07, 6.45) is -0.793. The van der Waals surface area contributed by atoms with Crippen LogP contribution in [0.3, 0.4) is 0 Å². The fourth-order valence-corrected chi connectivity index (χ4v) is 3.20. The molecule has 1 fully saturated rings. The van der Waals surface area contributed by atoms with Gasteiger partial charge in [-0.3, -0.25) is 9.59 Å². The molecule has 2 atom stereocenters. The summed E-state index contributed by atoms with van der Waals surface area (Å²) in [5.41, 5.74) is 2.26. The van der Waals surface area contributed by atoms with Gasteiger partial charge in [-0.25, -0.2) is 0 Å². The fraction of sp³-hybridized carbons (Fsp3) is 0.238. The van der Waals surface area contributed by atoms with Crippen LogP contribution in [0.4, 0.5) is 0 Å². The van der Waals surface area contributed by atoms with E-state index in [1.54, 1.807) is 31.2 Å². The molecule has 5 heteroatoms. The highest BCUT2D eigenvalue weighted by atomic mass is 16.3. The summed E-state index contributed by atoms with van der Waals surface area (Å²) in [4.78, 5) is 26.5. The van der Waals surface area contributed by atoms with Crippen LogP contribution in [-0.4, -0.2) is 39.5 Å². The van der Waals surface area contributed by atoms with Gasteiger partial charge >= 0.3 is 0 Å². The molecule has 0 unspecified atom stereocenters. The lowest BCUT2D eigenvalue weighted by atomic mass is 9.95. The Balaban J connectivity index is 2.17. The van der Waals surface area contributed by atoms with E-state index in [-0.39, 0.29) is 17.9 Å². The van der Waals surface area contributed by atoms with E-state index in [2.05, 4.69) is 0 Å². The Hall–Kier alpha value is -2.92. The molecule has 1 amide bonds. The SMILES string of the molecule is Cc1ccc(C(O)=C2C(=O)C(=O)N(C[C@@H](C)O)[C@@H]2c2ccccc2)cc1. The van der Waals surface area contributed by atoms with Gasteiger partial charge in [0.05, 0.1) is 17.7 Å². The van der Waals surface area contributed by atoms with E-state index < -0.39 is 23.8 Å². The molecule has 2 N–H and O–H groups in total. The molecule has 0 bridgehead atoms. The minimum atomic E-state index is -0.793. The van der Waals surface area contributed by atoms with E-state index in [9.17, 15) is 19.8 Å². The van der Waals surface area contributed by atoms with Crippen molar-refractivity contribution in [3.8, 4) is 0 Å². The van der Waals surface area contributed by atoms with Gasteiger partial charge in [0, 0.05) is 12.1 Å². The number of Topliss-reactive ketones (excluding diaryl/α,β-unsaturated/α-hetero) is 1. The number of likely N-dealkylation sites (tertiary alicyclic amines) is 1. The second-order valence-corrected chi connectivity index (χ2v) is 6.58. The first-order valence-corrected chi connectivity index (χ1v) is 8.48. The number of β-amino-alcohol motifs (C(OH)–C–C–N with tert-alkyl or cyclic N) is 1. The van der Waals surface area contributed by atoms with Crippen LogP contribution in [0, 0.1) is 6.92 Å². The van der Waals surface area contributed by atoms with Crippen molar-refractivity contribution in [3.63, 3.8) is 0 Å². The molecular weight excluding hydrogens is 330 g/mol. The third kappa shape index (κ3) is 3.26. The third-order valence-corrected chi connectivity index (χ3v) is 4.44. The van der Waals surface area contributed by atoms with Crippen molar-refractivity contribution in [2.24, 2.45) is 0 Å². The summed E-state index contributed by atoms with van der Waals surface area (Å²) < 4.78 is 0. The predicted octanol–water partition coefficient (Wildman–Crippen LogP) is 2.80. The Morgan fingerprint density at radius 1 is 1.08 bits per heavy atom. The van der Waals surface area contributed by atoms with Crippen molar-refractivity contribution in [2.45, 2.75) is 26.0 Å². The number of rotatable bonds is 4. The molecule has 3 rings (SSSR count). The maximum Gasteiger partial charge on any atom is 0.295 e. The molecule has 5 nitrogen and oxygen atoms in total. The molecular formula is C21H21NO4. The van der Waals surface area contributed by atoms with Crippen LogP contribution < -0.4 is 0 Å². The second-order valence-electron chi connectivity index (χ2n) is 6.58. The predicted molar refractivity (Wildman–Crippen MR) is 98.3 cm³/mol. The zero-order valence-corrected chi connectivity index (χ0v) is 14.7. The number of nitrogens with zero attached hydrogens (tertiary/aromatic N) is 1. The summed E-state index contributed by atoms with van der Waals surface area (Å²) in [6, 6.07) is 15.4. The van der Waals surface area contributed by atoms with Crippen LogP contribution in [0.5, 0.6) is 0 Å². The summed E-state index contributed by atoms with van der Waals surface area (Å²) in [6.45, 7) is 3.49. The highest BCUT2D eigenvalue weighted by Crippen LogP contribution is 2.39. The Bertz CT molecular complexity index is 853. The molecule has 2 aromatic carbocycles. The van der Waals surface area contributed by atoms with Crippen molar-refractivity contribution >= 4 is 17.4 Å². The second kappa shape index (κ2) is 7.14. The number of aliphatic hydroxyl groups excluding tert-OH is 2. The van der Waals surface area contributed by atoms with Crippen molar-refractivity contribution in [2.75, 3.05) is 6.54 Å². The normalized spacial score (nSPS) is 20.4. The average Bonchev–Trinajstić information content (AvgIpc) is 2.87. The quantitative estimate of drug-likeness (QED) is 0.504. The Morgan fingerprint density at radius 3 is 2.27 bits per heavy atom. The van der Waals surface area contributed by atoms with Crippen molar-refractivity contribution < 1.29 is 19.8 Å². The number of aliphatic hydroxyl groups is 2. The van der Waals surface area contributed by atoms with Gasteiger partial charge in [-0.15, -0.1) is 0 Å². The highest BCUT2D eigenvalue weighted by molar-refractivity contribution is 6.46. The van der Waals surface area contributed by atoms with E-state index in [0.717, 1.165) is 5.56 Å². The molecule has 1 saturated heterocycles. The van der Waals surface area contributed by atoms with E-state index in [1.165, 1.54) is 4.90 Å². The third-order valence-electron chi connectivity index (χ3n) is 4.44. The smallest absolute Gasteiger partial charge is 0.295 e. The maximum absolute atomic E-state index is 12.7. The summed E-state index contributed by atoms with van der Waals surface area (Å²) in [5, 5.41) is 20.6. The molecule has 0 spiro atoms. The molecule has 0 radical (unpaired) electrons. The largest absolute Gasteiger partial charge is 0.507 e. The van der Waals surface area contributed by atoms with Crippen LogP contribution in [-0.2, 0) is 9.59 Å². The van der Waals surface area contributed by atoms with Crippen molar-refractivity contribution in [1.29, 1.82) is 0 Å². The first kappa shape index (κ1) is 17.9. The van der Waals surface area contributed by atoms with Crippen LogP contribution in [0.25, 0.3) is 5.76 Å². The minimum Gasteiger partial charge on any atom is -0.507 e. The molecule has 1 aliphatic rings. The van der Waals surface area contributed by atoms with Gasteiger partial charge in [-0.05, 0) is 19.4 Å². The van der Waals surface area contributed by atoms with E-state index in [0.29, 0.717) is 11.1 Å². The number of hydrogen-bond donors (Lipinski definition) is 2. The topological polar surface area (TPSA) is 77.8 Å². The van der Waals surface area contributed by atoms with E-state index >= 15 is 0 Å². The van der Waals surface area contributed by atoms with Gasteiger partial charge in [-0.1, -0.05) is 60.2 Å². The number of hydrogen-bond acceptors (Lipinski definition) is 4. The molecule has 26 heavy (non-hydrogen) atoms. The number of ketones is 1. The summed E-state index contributed by atoms with van der Waals surface area (Å²) in [7, 11) is 0. The maximum atomic E-state index is 12.7. The Morgan fingerprint density at radius 2 is 1.69 bits per heavy atom. The molecule has 134 valence electrons. The molecule has 1 heterocycles. The average molecular weight is 351 g/mol. The van der Waals surface area contributed by atoms with Crippen LogP contribution in [0.2, 0.25) is 0 Å². The van der Waals surface area contributed by atoms with E-state index in [1.807, 2.05) is 37.3 Å². The van der Waals surface area contributed by atoms with Crippen LogP contribution >= 0.6 is 0 Å². The minimum absolute atomic E-state index is 0.00874. The monoisotopic (exact) mass is 351 g/mol. The lowest BCUT2D eigenvalue weighted by Gasteiger charge is -2.26. The highest BCUT2D eigenvalue weighted by Gasteiger charge is 2.46. The molecule has 0 aromatic heterocycles. The van der Waals surface area contributed by atoms with Crippen LogP contribution in [0.15, 0.2) is 60.2 Å². The molecule has 0 aliphatic carbocycles. The van der Waals surface area contributed by atoms with Gasteiger partial charge in [0.2, 0.25) is 0 Å². The number of amides is 1. The van der Waals surface area contributed by atoms with Gasteiger partial charge in [0.25, 0.3) is 11.7 Å². The van der Waals surface area contributed by atoms with Gasteiger partial charge in [0.1, 0.15) is 5.76 Å². The Labute approximate surface area is 152 Å². The zero-order valence-electron chi connectivity index (χ0n) is 14.7. The Kier molecular flexibility index (Phi) is 4.91. The van der Waals surface area contributed by atoms with Crippen LogP contribution in [0.1, 0.15) is 29.7 Å². The summed E-state index contributed by atoms with van der Waals surface area (Å²) in [5.74, 6) is -1.66. The zero-order chi connectivity index (χ0) is 18.8. The first-order valence-electron chi connectivity index (χ1n) is 8.48. The van der Waals surface area contributed by atoms with E-state index in [4.69, 9.17) is 0 Å². The standard InChI is InChI=1S/C21H21NO4/c1-13-8-10-16(11-9-13)19(24)17-18(15-6-4-3-5-7-15)22(12-14(2)23)21(26)20(17)25/h3-11,14,18,23-24H,12H2,1-2H3/t14-,18-/m1/s1. The summed E-state index contributed by atoms with van der Waals surface area (Å²) >= 11 is 0. The number of carbonyl (C=O) groups excluding carboxylic acids is 2.